The molecular formula is C31H35ClN4O3. The number of hydrogen-bond acceptors (Lipinski definition) is 4. The summed E-state index contributed by atoms with van der Waals surface area (Å²) in [6.45, 7) is 6.50. The molecule has 4 aromatic rings. The number of hydrogen-bond donors (Lipinski definition) is 1. The standard InChI is InChI=1S/C31H35ClN4O3/c1-5-6-7-10-18-35(31(38)33-24-12-11-13-25(20-24)39-4)22(3)29-34-27-15-9-8-14-26(27)30(37)36(29)28-17-16-23(32)19-21(28)2/h8-9,11-17,19-20,22H,5-7,10,18H2,1-4H3,(H,33,38). The first kappa shape index (κ1) is 28.2. The molecule has 1 atom stereocenters. The highest BCUT2D eigenvalue weighted by molar-refractivity contribution is 6.30. The smallest absolute Gasteiger partial charge is 0.322 e. The summed E-state index contributed by atoms with van der Waals surface area (Å²) in [6, 6.07) is 19.2. The van der Waals surface area contributed by atoms with Crippen molar-refractivity contribution in [1.82, 2.24) is 14.5 Å². The van der Waals surface area contributed by atoms with Gasteiger partial charge in [0.05, 0.1) is 29.7 Å². The zero-order valence-corrected chi connectivity index (χ0v) is 23.7. The topological polar surface area (TPSA) is 76.5 Å². The fraction of sp³-hybridized carbons (Fsp3) is 0.323. The van der Waals surface area contributed by atoms with Gasteiger partial charge in [-0.3, -0.25) is 9.36 Å². The van der Waals surface area contributed by atoms with E-state index in [1.165, 1.54) is 0 Å². The number of urea groups is 1. The molecule has 1 aromatic heterocycles. The number of halogens is 1. The van der Waals surface area contributed by atoms with Crippen LogP contribution in [0.15, 0.2) is 71.5 Å². The van der Waals surface area contributed by atoms with Gasteiger partial charge >= 0.3 is 6.03 Å². The van der Waals surface area contributed by atoms with Gasteiger partial charge in [0.2, 0.25) is 0 Å². The molecule has 1 unspecified atom stereocenters. The Kier molecular flexibility index (Phi) is 9.25. The third kappa shape index (κ3) is 6.42. The minimum absolute atomic E-state index is 0.188. The lowest BCUT2D eigenvalue weighted by Gasteiger charge is -2.31. The van der Waals surface area contributed by atoms with E-state index >= 15 is 0 Å². The fourth-order valence-electron chi connectivity index (χ4n) is 4.75. The first-order chi connectivity index (χ1) is 18.8. The summed E-state index contributed by atoms with van der Waals surface area (Å²) in [4.78, 5) is 34.3. The molecule has 1 N–H and O–H groups in total. The van der Waals surface area contributed by atoms with E-state index in [-0.39, 0.29) is 11.6 Å². The number of rotatable bonds is 10. The maximum absolute atomic E-state index is 13.9. The van der Waals surface area contributed by atoms with Crippen LogP contribution in [0, 0.1) is 6.92 Å². The molecule has 39 heavy (non-hydrogen) atoms. The zero-order chi connectivity index (χ0) is 27.9. The van der Waals surface area contributed by atoms with Crippen LogP contribution in [0.1, 0.15) is 57.0 Å². The predicted octanol–water partition coefficient (Wildman–Crippen LogP) is 7.53. The molecule has 0 aliphatic rings. The Morgan fingerprint density at radius 3 is 2.62 bits per heavy atom. The van der Waals surface area contributed by atoms with Crippen molar-refractivity contribution in [3.63, 3.8) is 0 Å². The van der Waals surface area contributed by atoms with E-state index in [1.54, 1.807) is 34.8 Å². The van der Waals surface area contributed by atoms with Gasteiger partial charge in [0, 0.05) is 23.3 Å². The third-order valence-corrected chi connectivity index (χ3v) is 7.11. The molecule has 4 rings (SSSR count). The van der Waals surface area contributed by atoms with Gasteiger partial charge < -0.3 is 15.0 Å². The molecule has 0 aliphatic heterocycles. The first-order valence-corrected chi connectivity index (χ1v) is 13.7. The SMILES string of the molecule is CCCCCCN(C(=O)Nc1cccc(OC)c1)C(C)c1nc2ccccc2c(=O)n1-c1ccc(Cl)cc1C. The van der Waals surface area contributed by atoms with E-state index in [2.05, 4.69) is 12.2 Å². The highest BCUT2D eigenvalue weighted by Gasteiger charge is 2.27. The number of fused-ring (bicyclic) bond motifs is 1. The summed E-state index contributed by atoms with van der Waals surface area (Å²) >= 11 is 6.24. The van der Waals surface area contributed by atoms with Gasteiger partial charge in [-0.1, -0.05) is 56.0 Å². The number of aryl methyl sites for hydroxylation is 1. The molecule has 204 valence electrons. The van der Waals surface area contributed by atoms with Crippen LogP contribution >= 0.6 is 11.6 Å². The zero-order valence-electron chi connectivity index (χ0n) is 22.9. The molecule has 7 nitrogen and oxygen atoms in total. The summed E-state index contributed by atoms with van der Waals surface area (Å²) in [7, 11) is 1.59. The quantitative estimate of drug-likeness (QED) is 0.208. The Bertz CT molecular complexity index is 1520. The molecule has 0 radical (unpaired) electrons. The van der Waals surface area contributed by atoms with Crippen molar-refractivity contribution in [3.05, 3.63) is 93.5 Å². The van der Waals surface area contributed by atoms with Crippen molar-refractivity contribution in [3.8, 4) is 11.4 Å². The summed E-state index contributed by atoms with van der Waals surface area (Å²) in [5.74, 6) is 1.14. The van der Waals surface area contributed by atoms with Crippen molar-refractivity contribution >= 4 is 34.2 Å². The fourth-order valence-corrected chi connectivity index (χ4v) is 4.97. The lowest BCUT2D eigenvalue weighted by molar-refractivity contribution is 0.187. The van der Waals surface area contributed by atoms with Crippen LogP contribution in [0.3, 0.4) is 0 Å². The molecule has 0 spiro atoms. The normalized spacial score (nSPS) is 11.8. The van der Waals surface area contributed by atoms with Crippen molar-refractivity contribution in [2.75, 3.05) is 19.0 Å². The van der Waals surface area contributed by atoms with Crippen LogP contribution in [-0.2, 0) is 0 Å². The van der Waals surface area contributed by atoms with E-state index < -0.39 is 6.04 Å². The van der Waals surface area contributed by atoms with Gasteiger partial charge in [0.25, 0.3) is 5.56 Å². The van der Waals surface area contributed by atoms with Crippen LogP contribution in [0.5, 0.6) is 5.75 Å². The molecule has 3 aromatic carbocycles. The third-order valence-electron chi connectivity index (χ3n) is 6.88. The van der Waals surface area contributed by atoms with E-state index in [0.29, 0.717) is 45.4 Å². The number of anilines is 1. The number of methoxy groups -OCH3 is 1. The Labute approximate surface area is 234 Å². The Balaban J connectivity index is 1.81. The number of nitrogens with one attached hydrogen (secondary N) is 1. The van der Waals surface area contributed by atoms with Gasteiger partial charge in [-0.05, 0) is 68.3 Å². The van der Waals surface area contributed by atoms with Gasteiger partial charge in [0.15, 0.2) is 0 Å². The van der Waals surface area contributed by atoms with E-state index in [9.17, 15) is 9.59 Å². The lowest BCUT2D eigenvalue weighted by Crippen LogP contribution is -2.40. The minimum Gasteiger partial charge on any atom is -0.497 e. The van der Waals surface area contributed by atoms with Crippen LogP contribution in [-0.4, -0.2) is 34.1 Å². The largest absolute Gasteiger partial charge is 0.497 e. The molecule has 1 heterocycles. The number of nitrogens with zero attached hydrogens (tertiary/aromatic N) is 3. The predicted molar refractivity (Wildman–Crippen MR) is 158 cm³/mol. The van der Waals surface area contributed by atoms with Gasteiger partial charge in [0.1, 0.15) is 11.6 Å². The van der Waals surface area contributed by atoms with E-state index in [0.717, 1.165) is 31.2 Å². The Morgan fingerprint density at radius 1 is 1.08 bits per heavy atom. The molecule has 2 amide bonds. The van der Waals surface area contributed by atoms with E-state index in [1.807, 2.05) is 62.4 Å². The Hall–Kier alpha value is -3.84. The number of para-hydroxylation sites is 1. The van der Waals surface area contributed by atoms with Crippen LogP contribution in [0.2, 0.25) is 5.02 Å². The summed E-state index contributed by atoms with van der Waals surface area (Å²) in [5, 5.41) is 4.11. The van der Waals surface area contributed by atoms with Gasteiger partial charge in [-0.2, -0.15) is 0 Å². The van der Waals surface area contributed by atoms with Gasteiger partial charge in [-0.25, -0.2) is 9.78 Å². The molecular weight excluding hydrogens is 512 g/mol. The number of benzene rings is 3. The molecule has 0 saturated carbocycles. The van der Waals surface area contributed by atoms with Crippen molar-refractivity contribution in [1.29, 1.82) is 0 Å². The second-order valence-corrected chi connectivity index (χ2v) is 10.1. The average Bonchev–Trinajstić information content (AvgIpc) is 2.93. The monoisotopic (exact) mass is 546 g/mol. The number of carbonyl (C=O) groups excluding carboxylic acids is 1. The summed E-state index contributed by atoms with van der Waals surface area (Å²) in [6.07, 6.45) is 4.01. The molecule has 8 heteroatoms. The number of ether oxygens (including phenoxy) is 1. The lowest BCUT2D eigenvalue weighted by atomic mass is 10.1. The van der Waals surface area contributed by atoms with Crippen molar-refractivity contribution < 1.29 is 9.53 Å². The minimum atomic E-state index is -0.510. The number of amides is 2. The van der Waals surface area contributed by atoms with Crippen molar-refractivity contribution in [2.45, 2.75) is 52.5 Å². The summed E-state index contributed by atoms with van der Waals surface area (Å²) < 4.78 is 6.94. The molecule has 0 aliphatic carbocycles. The maximum Gasteiger partial charge on any atom is 0.322 e. The highest BCUT2D eigenvalue weighted by atomic mass is 35.5. The van der Waals surface area contributed by atoms with Crippen LogP contribution in [0.4, 0.5) is 10.5 Å². The van der Waals surface area contributed by atoms with E-state index in [4.69, 9.17) is 21.3 Å². The number of unbranched alkanes of at least 4 members (excludes halogenated alkanes) is 3. The molecule has 0 saturated heterocycles. The second kappa shape index (κ2) is 12.8. The number of carbonyl (C=O) groups is 1. The average molecular weight is 547 g/mol. The molecule has 0 bridgehead atoms. The molecule has 0 fully saturated rings. The maximum atomic E-state index is 13.9. The first-order valence-electron chi connectivity index (χ1n) is 13.3. The highest BCUT2D eigenvalue weighted by Crippen LogP contribution is 2.27. The summed E-state index contributed by atoms with van der Waals surface area (Å²) in [5.41, 5.74) is 2.55. The van der Waals surface area contributed by atoms with Gasteiger partial charge in [-0.15, -0.1) is 0 Å². The van der Waals surface area contributed by atoms with Crippen molar-refractivity contribution in [2.24, 2.45) is 0 Å². The number of aromatic nitrogens is 2. The Morgan fingerprint density at radius 2 is 1.87 bits per heavy atom. The van der Waals surface area contributed by atoms with Crippen LogP contribution < -0.4 is 15.6 Å². The second-order valence-electron chi connectivity index (χ2n) is 9.65. The van der Waals surface area contributed by atoms with Crippen LogP contribution in [0.25, 0.3) is 16.6 Å².